The second-order valence-electron chi connectivity index (χ2n) is 8.35. The van der Waals surface area contributed by atoms with Crippen molar-refractivity contribution in [2.24, 2.45) is 0 Å². The van der Waals surface area contributed by atoms with Gasteiger partial charge in [0, 0.05) is 12.8 Å². The molecule has 2 bridgehead atoms. The molecule has 0 spiro atoms. The van der Waals surface area contributed by atoms with Gasteiger partial charge in [0.1, 0.15) is 5.60 Å². The Balaban J connectivity index is 1.96. The molecule has 2 atom stereocenters. The summed E-state index contributed by atoms with van der Waals surface area (Å²) in [5, 5.41) is 11.0. The summed E-state index contributed by atoms with van der Waals surface area (Å²) >= 11 is 0. The topological polar surface area (TPSA) is 59.0 Å². The van der Waals surface area contributed by atoms with E-state index in [9.17, 15) is 9.90 Å². The Hall–Kier alpha value is -1.25. The quantitative estimate of drug-likeness (QED) is 0.622. The number of aliphatic hydroxyl groups is 1. The van der Waals surface area contributed by atoms with Crippen LogP contribution in [0.15, 0.2) is 0 Å². The molecule has 2 unspecified atom stereocenters. The van der Waals surface area contributed by atoms with Gasteiger partial charge in [-0.3, -0.25) is 4.90 Å². The van der Waals surface area contributed by atoms with Crippen LogP contribution in [0.25, 0.3) is 0 Å². The fourth-order valence-electron chi connectivity index (χ4n) is 3.61. The first-order valence-electron chi connectivity index (χ1n) is 9.51. The number of piperidine rings is 1. The Morgan fingerprint density at radius 1 is 1.24 bits per heavy atom. The van der Waals surface area contributed by atoms with Gasteiger partial charge in [-0.2, -0.15) is 0 Å². The van der Waals surface area contributed by atoms with E-state index in [1.165, 1.54) is 12.8 Å². The first-order valence-corrected chi connectivity index (χ1v) is 9.51. The van der Waals surface area contributed by atoms with Gasteiger partial charge in [-0.05, 0) is 40.0 Å². The number of unbranched alkanes of at least 4 members (excludes halogenated alkanes) is 3. The van der Waals surface area contributed by atoms with Gasteiger partial charge in [0.05, 0.1) is 30.9 Å². The summed E-state index contributed by atoms with van der Waals surface area (Å²) < 4.78 is 11.2. The maximum absolute atomic E-state index is 12.5. The molecule has 0 aromatic rings. The molecule has 0 aliphatic carbocycles. The number of nitrogens with zero attached hydrogens (tertiary/aromatic N) is 1. The molecule has 142 valence electrons. The van der Waals surface area contributed by atoms with Crippen LogP contribution < -0.4 is 0 Å². The van der Waals surface area contributed by atoms with E-state index < -0.39 is 11.2 Å². The SMILES string of the molecule is CCCCCC#CCC1(O)CC2COCC(C1)N2C(=O)OC(C)(C)C. The van der Waals surface area contributed by atoms with Gasteiger partial charge in [0.2, 0.25) is 0 Å². The molecule has 0 aromatic carbocycles. The summed E-state index contributed by atoms with van der Waals surface area (Å²) in [5.41, 5.74) is -1.36. The first kappa shape index (κ1) is 20.1. The standard InChI is InChI=1S/C20H33NO4/c1-5-6-7-8-9-10-11-20(23)12-16-14-24-15-17(13-20)21(16)18(22)25-19(2,3)4/h16-17,23H,5-8,11-15H2,1-4H3. The monoisotopic (exact) mass is 351 g/mol. The predicted molar refractivity (Wildman–Crippen MR) is 97.2 cm³/mol. The van der Waals surface area contributed by atoms with E-state index in [1.807, 2.05) is 20.8 Å². The lowest BCUT2D eigenvalue weighted by Crippen LogP contribution is -2.63. The lowest BCUT2D eigenvalue weighted by atomic mass is 9.79. The van der Waals surface area contributed by atoms with Gasteiger partial charge in [-0.25, -0.2) is 4.79 Å². The van der Waals surface area contributed by atoms with E-state index in [2.05, 4.69) is 18.8 Å². The maximum Gasteiger partial charge on any atom is 0.410 e. The van der Waals surface area contributed by atoms with Crippen molar-refractivity contribution in [2.75, 3.05) is 13.2 Å². The number of hydrogen-bond acceptors (Lipinski definition) is 4. The third-order valence-electron chi connectivity index (χ3n) is 4.69. The van der Waals surface area contributed by atoms with Crippen molar-refractivity contribution in [1.29, 1.82) is 0 Å². The van der Waals surface area contributed by atoms with E-state index >= 15 is 0 Å². The van der Waals surface area contributed by atoms with Gasteiger partial charge in [0.25, 0.3) is 0 Å². The lowest BCUT2D eigenvalue weighted by Gasteiger charge is -2.50. The zero-order chi connectivity index (χ0) is 18.5. The molecule has 0 aromatic heterocycles. The van der Waals surface area contributed by atoms with Crippen LogP contribution in [0.1, 0.15) is 72.6 Å². The Morgan fingerprint density at radius 2 is 1.88 bits per heavy atom. The van der Waals surface area contributed by atoms with E-state index in [-0.39, 0.29) is 18.2 Å². The molecule has 2 heterocycles. The minimum absolute atomic E-state index is 0.144. The van der Waals surface area contributed by atoms with Gasteiger partial charge in [-0.1, -0.05) is 19.8 Å². The van der Waals surface area contributed by atoms with E-state index in [4.69, 9.17) is 9.47 Å². The van der Waals surface area contributed by atoms with Crippen molar-refractivity contribution in [3.05, 3.63) is 0 Å². The Labute approximate surface area is 152 Å². The Morgan fingerprint density at radius 3 is 2.44 bits per heavy atom. The minimum atomic E-state index is -0.838. The third-order valence-corrected chi connectivity index (χ3v) is 4.69. The lowest BCUT2D eigenvalue weighted by molar-refractivity contribution is -0.136. The van der Waals surface area contributed by atoms with Crippen LogP contribution in [0, 0.1) is 11.8 Å². The van der Waals surface area contributed by atoms with Crippen LogP contribution in [-0.2, 0) is 9.47 Å². The number of hydrogen-bond donors (Lipinski definition) is 1. The molecular formula is C20H33NO4. The average molecular weight is 351 g/mol. The van der Waals surface area contributed by atoms with Crippen LogP contribution in [0.3, 0.4) is 0 Å². The van der Waals surface area contributed by atoms with E-state index in [0.717, 1.165) is 12.8 Å². The molecule has 25 heavy (non-hydrogen) atoms. The summed E-state index contributed by atoms with van der Waals surface area (Å²) in [4.78, 5) is 14.3. The van der Waals surface area contributed by atoms with Gasteiger partial charge >= 0.3 is 6.09 Å². The molecule has 5 heteroatoms. The highest BCUT2D eigenvalue weighted by molar-refractivity contribution is 5.69. The maximum atomic E-state index is 12.5. The number of fused-ring (bicyclic) bond motifs is 2. The molecule has 1 N–H and O–H groups in total. The highest BCUT2D eigenvalue weighted by Crippen LogP contribution is 2.37. The predicted octanol–water partition coefficient (Wildman–Crippen LogP) is 3.49. The molecule has 2 rings (SSSR count). The number of carbonyl (C=O) groups is 1. The Kier molecular flexibility index (Phi) is 6.76. The smallest absolute Gasteiger partial charge is 0.410 e. The van der Waals surface area contributed by atoms with Gasteiger partial charge in [0.15, 0.2) is 0 Å². The summed E-state index contributed by atoms with van der Waals surface area (Å²) in [5.74, 6) is 6.33. The number of amides is 1. The van der Waals surface area contributed by atoms with Crippen molar-refractivity contribution in [2.45, 2.75) is 95.9 Å². The van der Waals surface area contributed by atoms with Crippen LogP contribution in [0.4, 0.5) is 4.79 Å². The second kappa shape index (κ2) is 8.42. The van der Waals surface area contributed by atoms with Gasteiger partial charge in [-0.15, -0.1) is 11.8 Å². The molecule has 2 fully saturated rings. The van der Waals surface area contributed by atoms with Crippen LogP contribution in [-0.4, -0.2) is 52.6 Å². The molecule has 2 saturated heterocycles. The fraction of sp³-hybridized carbons (Fsp3) is 0.850. The van der Waals surface area contributed by atoms with E-state index in [1.54, 1.807) is 4.90 Å². The first-order chi connectivity index (χ1) is 11.7. The van der Waals surface area contributed by atoms with Crippen molar-refractivity contribution >= 4 is 6.09 Å². The zero-order valence-electron chi connectivity index (χ0n) is 16.1. The highest BCUT2D eigenvalue weighted by atomic mass is 16.6. The highest BCUT2D eigenvalue weighted by Gasteiger charge is 2.48. The number of carbonyl (C=O) groups excluding carboxylic acids is 1. The summed E-state index contributed by atoms with van der Waals surface area (Å²) in [6, 6.07) is -0.288. The summed E-state index contributed by atoms with van der Waals surface area (Å²) in [6.45, 7) is 8.67. The van der Waals surface area contributed by atoms with Gasteiger partial charge < -0.3 is 14.6 Å². The second-order valence-corrected chi connectivity index (χ2v) is 8.35. The summed E-state index contributed by atoms with van der Waals surface area (Å²) in [6.07, 6.45) is 5.55. The number of rotatable bonds is 4. The van der Waals surface area contributed by atoms with Crippen LogP contribution in [0.5, 0.6) is 0 Å². The van der Waals surface area contributed by atoms with Crippen molar-refractivity contribution < 1.29 is 19.4 Å². The van der Waals surface area contributed by atoms with Crippen LogP contribution in [0.2, 0.25) is 0 Å². The van der Waals surface area contributed by atoms with Crippen molar-refractivity contribution in [3.63, 3.8) is 0 Å². The number of morpholine rings is 1. The molecule has 2 aliphatic rings. The minimum Gasteiger partial charge on any atom is -0.444 e. The largest absolute Gasteiger partial charge is 0.444 e. The molecular weight excluding hydrogens is 318 g/mol. The normalized spacial score (nSPS) is 28.9. The Bertz CT molecular complexity index is 500. The third kappa shape index (κ3) is 5.90. The van der Waals surface area contributed by atoms with E-state index in [0.29, 0.717) is 32.5 Å². The molecule has 2 aliphatic heterocycles. The fourth-order valence-corrected chi connectivity index (χ4v) is 3.61. The van der Waals surface area contributed by atoms with Crippen molar-refractivity contribution in [3.8, 4) is 11.8 Å². The summed E-state index contributed by atoms with van der Waals surface area (Å²) in [7, 11) is 0. The molecule has 0 radical (unpaired) electrons. The average Bonchev–Trinajstić information content (AvgIpc) is 2.48. The van der Waals surface area contributed by atoms with Crippen molar-refractivity contribution in [1.82, 2.24) is 4.90 Å². The number of ether oxygens (including phenoxy) is 2. The molecule has 5 nitrogen and oxygen atoms in total. The van der Waals surface area contributed by atoms with Crippen LogP contribution >= 0.6 is 0 Å². The zero-order valence-corrected chi connectivity index (χ0v) is 16.1. The molecule has 0 saturated carbocycles. The molecule has 1 amide bonds.